The van der Waals surface area contributed by atoms with Crippen molar-refractivity contribution >= 4 is 16.9 Å². The van der Waals surface area contributed by atoms with Crippen molar-refractivity contribution in [2.45, 2.75) is 19.4 Å². The molecule has 0 amide bonds. The van der Waals surface area contributed by atoms with Crippen molar-refractivity contribution in [1.29, 1.82) is 5.26 Å². The number of hydrogen-bond donors (Lipinski definition) is 1. The number of nitriles is 1. The van der Waals surface area contributed by atoms with Crippen LogP contribution in [0.15, 0.2) is 67.3 Å². The number of rotatable bonds is 5. The van der Waals surface area contributed by atoms with E-state index < -0.39 is 0 Å². The van der Waals surface area contributed by atoms with Crippen molar-refractivity contribution in [3.05, 3.63) is 78.4 Å². The minimum Gasteiger partial charge on any atom is -0.362 e. The Morgan fingerprint density at radius 3 is 2.78 bits per heavy atom. The van der Waals surface area contributed by atoms with Crippen molar-refractivity contribution in [2.24, 2.45) is 0 Å². The predicted molar refractivity (Wildman–Crippen MR) is 104 cm³/mol. The van der Waals surface area contributed by atoms with Gasteiger partial charge in [-0.05, 0) is 30.2 Å². The highest BCUT2D eigenvalue weighted by Crippen LogP contribution is 2.23. The minimum atomic E-state index is 0.161. The fraction of sp³-hybridized carbons (Fsp3) is 0.143. The maximum absolute atomic E-state index is 9.04. The number of aromatic nitrogens is 4. The van der Waals surface area contributed by atoms with Gasteiger partial charge in [-0.25, -0.2) is 9.97 Å². The van der Waals surface area contributed by atoms with E-state index in [0.29, 0.717) is 17.2 Å². The fourth-order valence-corrected chi connectivity index (χ4v) is 3.09. The van der Waals surface area contributed by atoms with Crippen LogP contribution in [0.4, 0.5) is 5.82 Å². The molecule has 4 rings (SSSR count). The lowest BCUT2D eigenvalue weighted by Crippen LogP contribution is -2.12. The van der Waals surface area contributed by atoms with Gasteiger partial charge in [0, 0.05) is 0 Å². The number of nitrogens with one attached hydrogen (secondary N) is 1. The molecule has 2 heterocycles. The van der Waals surface area contributed by atoms with Crippen LogP contribution in [0.5, 0.6) is 0 Å². The Kier molecular flexibility index (Phi) is 4.50. The van der Waals surface area contributed by atoms with Crippen molar-refractivity contribution in [3.8, 4) is 11.9 Å². The largest absolute Gasteiger partial charge is 0.362 e. The molecule has 0 spiro atoms. The number of fused-ring (bicyclic) bond motifs is 1. The summed E-state index contributed by atoms with van der Waals surface area (Å²) in [6.07, 6.45) is 6.06. The molecule has 4 aromatic rings. The molecule has 2 aromatic carbocycles. The van der Waals surface area contributed by atoms with Gasteiger partial charge in [-0.15, -0.1) is 0 Å². The lowest BCUT2D eigenvalue weighted by molar-refractivity contribution is 0.742. The summed E-state index contributed by atoms with van der Waals surface area (Å²) in [5.41, 5.74) is 3.44. The van der Waals surface area contributed by atoms with Gasteiger partial charge in [-0.2, -0.15) is 5.26 Å². The monoisotopic (exact) mass is 354 g/mol. The van der Waals surface area contributed by atoms with Crippen molar-refractivity contribution in [3.63, 3.8) is 0 Å². The first kappa shape index (κ1) is 16.7. The summed E-state index contributed by atoms with van der Waals surface area (Å²) in [5.74, 6) is 1.38. The third kappa shape index (κ3) is 3.35. The quantitative estimate of drug-likeness (QED) is 0.579. The zero-order valence-corrected chi connectivity index (χ0v) is 14.9. The van der Waals surface area contributed by atoms with E-state index in [1.54, 1.807) is 30.9 Å². The number of imidazole rings is 1. The SMILES string of the molecule is CC[C@H](Nc1cncc(-n2cnc3cc(C#N)ccc32)n1)c1ccccc1. The second-order valence-electron chi connectivity index (χ2n) is 6.21. The molecular formula is C21H18N6. The van der Waals surface area contributed by atoms with Crippen LogP contribution < -0.4 is 5.32 Å². The Labute approximate surface area is 157 Å². The molecule has 1 atom stereocenters. The molecule has 2 aromatic heterocycles. The summed E-state index contributed by atoms with van der Waals surface area (Å²) >= 11 is 0. The second kappa shape index (κ2) is 7.26. The van der Waals surface area contributed by atoms with Crippen molar-refractivity contribution in [2.75, 3.05) is 5.32 Å². The Bertz CT molecular complexity index is 1110. The maximum Gasteiger partial charge on any atom is 0.159 e. The van der Waals surface area contributed by atoms with E-state index in [-0.39, 0.29) is 6.04 Å². The van der Waals surface area contributed by atoms with Gasteiger partial charge in [0.1, 0.15) is 12.1 Å². The number of anilines is 1. The van der Waals surface area contributed by atoms with E-state index in [1.807, 2.05) is 28.8 Å². The molecule has 0 radical (unpaired) electrons. The van der Waals surface area contributed by atoms with Gasteiger partial charge in [0.15, 0.2) is 5.82 Å². The zero-order chi connectivity index (χ0) is 18.6. The topological polar surface area (TPSA) is 79.4 Å². The summed E-state index contributed by atoms with van der Waals surface area (Å²) in [6, 6.07) is 18.0. The average molecular weight is 354 g/mol. The first-order valence-electron chi connectivity index (χ1n) is 8.79. The van der Waals surface area contributed by atoms with E-state index in [0.717, 1.165) is 17.5 Å². The number of benzene rings is 2. The lowest BCUT2D eigenvalue weighted by atomic mass is 10.1. The van der Waals surface area contributed by atoms with E-state index in [9.17, 15) is 0 Å². The van der Waals surface area contributed by atoms with Gasteiger partial charge in [-0.3, -0.25) is 9.55 Å². The van der Waals surface area contributed by atoms with Crippen LogP contribution in [-0.2, 0) is 0 Å². The van der Waals surface area contributed by atoms with Crippen LogP contribution in [0.2, 0.25) is 0 Å². The van der Waals surface area contributed by atoms with Crippen LogP contribution in [0.3, 0.4) is 0 Å². The molecule has 0 aliphatic rings. The highest BCUT2D eigenvalue weighted by Gasteiger charge is 2.12. The molecule has 27 heavy (non-hydrogen) atoms. The van der Waals surface area contributed by atoms with Crippen LogP contribution >= 0.6 is 0 Å². The molecule has 1 N–H and O–H groups in total. The molecule has 0 unspecified atom stereocenters. The van der Waals surface area contributed by atoms with Crippen molar-refractivity contribution in [1.82, 2.24) is 19.5 Å². The predicted octanol–water partition coefficient (Wildman–Crippen LogP) is 4.25. The summed E-state index contributed by atoms with van der Waals surface area (Å²) in [5, 5.41) is 12.5. The molecule has 132 valence electrons. The standard InChI is InChI=1S/C21H18N6/c1-2-17(16-6-4-3-5-7-16)25-20-12-23-13-21(26-20)27-14-24-18-10-15(11-22)8-9-19(18)27/h3-10,12-14,17H,2H2,1H3,(H,25,26)/t17-/m0/s1. The third-order valence-corrected chi connectivity index (χ3v) is 4.48. The molecule has 6 nitrogen and oxygen atoms in total. The smallest absolute Gasteiger partial charge is 0.159 e. The van der Waals surface area contributed by atoms with Gasteiger partial charge in [0.25, 0.3) is 0 Å². The second-order valence-corrected chi connectivity index (χ2v) is 6.21. The van der Waals surface area contributed by atoms with Gasteiger partial charge in [-0.1, -0.05) is 37.3 Å². The molecule has 6 heteroatoms. The fourth-order valence-electron chi connectivity index (χ4n) is 3.09. The molecule has 0 saturated carbocycles. The summed E-state index contributed by atoms with van der Waals surface area (Å²) in [7, 11) is 0. The van der Waals surface area contributed by atoms with Gasteiger partial charge in [0.05, 0.1) is 41.1 Å². The summed E-state index contributed by atoms with van der Waals surface area (Å²) in [4.78, 5) is 13.4. The van der Waals surface area contributed by atoms with Crippen LogP contribution in [-0.4, -0.2) is 19.5 Å². The average Bonchev–Trinajstić information content (AvgIpc) is 3.16. The Hall–Kier alpha value is -3.72. The summed E-state index contributed by atoms with van der Waals surface area (Å²) < 4.78 is 1.87. The Morgan fingerprint density at radius 2 is 2.00 bits per heavy atom. The highest BCUT2D eigenvalue weighted by atomic mass is 15.2. The van der Waals surface area contributed by atoms with E-state index >= 15 is 0 Å². The summed E-state index contributed by atoms with van der Waals surface area (Å²) in [6.45, 7) is 2.14. The van der Waals surface area contributed by atoms with Crippen molar-refractivity contribution < 1.29 is 0 Å². The van der Waals surface area contributed by atoms with E-state index in [4.69, 9.17) is 10.2 Å². The van der Waals surface area contributed by atoms with Gasteiger partial charge >= 0.3 is 0 Å². The van der Waals surface area contributed by atoms with Gasteiger partial charge < -0.3 is 5.32 Å². The molecular weight excluding hydrogens is 336 g/mol. The molecule has 0 saturated heterocycles. The molecule has 0 aliphatic carbocycles. The molecule has 0 aliphatic heterocycles. The van der Waals surface area contributed by atoms with E-state index in [2.05, 4.69) is 40.4 Å². The van der Waals surface area contributed by atoms with Crippen LogP contribution in [0.25, 0.3) is 16.9 Å². The zero-order valence-electron chi connectivity index (χ0n) is 14.9. The Morgan fingerprint density at radius 1 is 1.15 bits per heavy atom. The minimum absolute atomic E-state index is 0.161. The highest BCUT2D eigenvalue weighted by molar-refractivity contribution is 5.78. The van der Waals surface area contributed by atoms with Gasteiger partial charge in [0.2, 0.25) is 0 Å². The normalized spacial score (nSPS) is 11.9. The Balaban J connectivity index is 1.66. The first-order chi connectivity index (χ1) is 13.3. The van der Waals surface area contributed by atoms with Crippen LogP contribution in [0, 0.1) is 11.3 Å². The molecule has 0 bridgehead atoms. The molecule has 0 fully saturated rings. The number of hydrogen-bond acceptors (Lipinski definition) is 5. The first-order valence-corrected chi connectivity index (χ1v) is 8.79. The van der Waals surface area contributed by atoms with E-state index in [1.165, 1.54) is 5.56 Å². The number of nitrogens with zero attached hydrogens (tertiary/aromatic N) is 5. The third-order valence-electron chi connectivity index (χ3n) is 4.48. The van der Waals surface area contributed by atoms with Crippen LogP contribution in [0.1, 0.15) is 30.5 Å². The lowest BCUT2D eigenvalue weighted by Gasteiger charge is -2.18. The maximum atomic E-state index is 9.04.